The molecule has 0 bridgehead atoms. The zero-order valence-corrected chi connectivity index (χ0v) is 19.9. The van der Waals surface area contributed by atoms with Crippen molar-refractivity contribution < 1.29 is 22.7 Å². The van der Waals surface area contributed by atoms with Crippen molar-refractivity contribution in [2.24, 2.45) is 0 Å². The first-order valence-electron chi connectivity index (χ1n) is 11.0. The number of piperazine rings is 1. The van der Waals surface area contributed by atoms with E-state index in [4.69, 9.17) is 9.47 Å². The van der Waals surface area contributed by atoms with Crippen LogP contribution in [-0.4, -0.2) is 62.9 Å². The fourth-order valence-corrected chi connectivity index (χ4v) is 5.08. The molecular weight excluding hydrogens is 428 g/mol. The fourth-order valence-electron chi connectivity index (χ4n) is 3.57. The van der Waals surface area contributed by atoms with E-state index < -0.39 is 10.0 Å². The quantitative estimate of drug-likeness (QED) is 0.536. The minimum atomic E-state index is -3.54. The monoisotopic (exact) mass is 460 g/mol. The Hall–Kier alpha value is -2.58. The second kappa shape index (κ2) is 10.8. The van der Waals surface area contributed by atoms with Gasteiger partial charge in [-0.15, -0.1) is 0 Å². The molecule has 3 rings (SSSR count). The molecule has 8 heteroatoms. The van der Waals surface area contributed by atoms with Crippen molar-refractivity contribution >= 4 is 15.9 Å². The molecule has 1 saturated heterocycles. The summed E-state index contributed by atoms with van der Waals surface area (Å²) in [7, 11) is -3.54. The normalized spacial score (nSPS) is 14.9. The van der Waals surface area contributed by atoms with Gasteiger partial charge in [-0.05, 0) is 74.7 Å². The van der Waals surface area contributed by atoms with Crippen LogP contribution in [-0.2, 0) is 14.8 Å². The van der Waals surface area contributed by atoms with Crippen molar-refractivity contribution in [2.75, 3.05) is 39.4 Å². The largest absolute Gasteiger partial charge is 0.494 e. The Labute approximate surface area is 191 Å². The van der Waals surface area contributed by atoms with Gasteiger partial charge >= 0.3 is 0 Å². The number of hydrogen-bond donors (Lipinski definition) is 0. The average Bonchev–Trinajstić information content (AvgIpc) is 2.79. The van der Waals surface area contributed by atoms with Gasteiger partial charge in [-0.25, -0.2) is 8.42 Å². The molecule has 0 radical (unpaired) electrons. The number of carbonyl (C=O) groups excluding carboxylic acids is 1. The van der Waals surface area contributed by atoms with E-state index in [9.17, 15) is 13.2 Å². The van der Waals surface area contributed by atoms with Crippen LogP contribution in [0, 0.1) is 13.8 Å². The standard InChI is InChI=1S/C24H32N2O5S/c1-4-30-21-8-10-22(11-9-21)31-17-5-6-24(27)25-13-15-26(16-14-25)32(28,29)23-12-7-19(2)20(3)18-23/h7-12,18H,4-6,13-17H2,1-3H3. The topological polar surface area (TPSA) is 76.2 Å². The molecule has 2 aromatic rings. The lowest BCUT2D eigenvalue weighted by Crippen LogP contribution is -2.50. The molecule has 0 unspecified atom stereocenters. The number of carbonyl (C=O) groups is 1. The molecule has 7 nitrogen and oxygen atoms in total. The average molecular weight is 461 g/mol. The van der Waals surface area contributed by atoms with E-state index in [0.717, 1.165) is 22.6 Å². The third-order valence-electron chi connectivity index (χ3n) is 5.65. The predicted molar refractivity (Wildman–Crippen MR) is 124 cm³/mol. The Kier molecular flexibility index (Phi) is 8.15. The van der Waals surface area contributed by atoms with E-state index >= 15 is 0 Å². The summed E-state index contributed by atoms with van der Waals surface area (Å²) in [6, 6.07) is 12.6. The Morgan fingerprint density at radius 3 is 2.12 bits per heavy atom. The molecule has 1 fully saturated rings. The number of benzene rings is 2. The maximum Gasteiger partial charge on any atom is 0.243 e. The van der Waals surface area contributed by atoms with Crippen molar-refractivity contribution in [3.63, 3.8) is 0 Å². The van der Waals surface area contributed by atoms with Gasteiger partial charge in [0.2, 0.25) is 15.9 Å². The van der Waals surface area contributed by atoms with Crippen LogP contribution in [0.15, 0.2) is 47.4 Å². The molecule has 1 aliphatic heterocycles. The van der Waals surface area contributed by atoms with Crippen LogP contribution in [0.3, 0.4) is 0 Å². The summed E-state index contributed by atoms with van der Waals surface area (Å²) in [5.74, 6) is 1.57. The highest BCUT2D eigenvalue weighted by Crippen LogP contribution is 2.21. The number of ether oxygens (including phenoxy) is 2. The highest BCUT2D eigenvalue weighted by molar-refractivity contribution is 7.89. The van der Waals surface area contributed by atoms with E-state index in [2.05, 4.69) is 0 Å². The third kappa shape index (κ3) is 6.01. The van der Waals surface area contributed by atoms with Gasteiger partial charge in [0, 0.05) is 32.6 Å². The summed E-state index contributed by atoms with van der Waals surface area (Å²) in [6.07, 6.45) is 0.980. The van der Waals surface area contributed by atoms with E-state index in [1.165, 1.54) is 4.31 Å². The molecule has 0 spiro atoms. The predicted octanol–water partition coefficient (Wildman–Crippen LogP) is 3.39. The molecule has 1 heterocycles. The summed E-state index contributed by atoms with van der Waals surface area (Å²) in [5, 5.41) is 0. The smallest absolute Gasteiger partial charge is 0.243 e. The Morgan fingerprint density at radius 1 is 0.906 bits per heavy atom. The Bertz CT molecular complexity index is 1010. The minimum Gasteiger partial charge on any atom is -0.494 e. The van der Waals surface area contributed by atoms with Crippen molar-refractivity contribution in [1.29, 1.82) is 0 Å². The van der Waals surface area contributed by atoms with Crippen LogP contribution >= 0.6 is 0 Å². The number of sulfonamides is 1. The van der Waals surface area contributed by atoms with Crippen LogP contribution in [0.5, 0.6) is 11.5 Å². The summed E-state index contributed by atoms with van der Waals surface area (Å²) < 4.78 is 38.4. The van der Waals surface area contributed by atoms with Gasteiger partial charge in [-0.3, -0.25) is 4.79 Å². The first-order chi connectivity index (χ1) is 15.3. The van der Waals surface area contributed by atoms with Crippen molar-refractivity contribution in [1.82, 2.24) is 9.21 Å². The van der Waals surface area contributed by atoms with Crippen LogP contribution in [0.1, 0.15) is 30.9 Å². The maximum atomic E-state index is 12.9. The van der Waals surface area contributed by atoms with Crippen LogP contribution < -0.4 is 9.47 Å². The van der Waals surface area contributed by atoms with Crippen LogP contribution in [0.2, 0.25) is 0 Å². The van der Waals surface area contributed by atoms with Gasteiger partial charge in [-0.2, -0.15) is 4.31 Å². The number of nitrogens with zero attached hydrogens (tertiary/aromatic N) is 2. The number of amides is 1. The molecule has 1 amide bonds. The van der Waals surface area contributed by atoms with E-state index in [1.807, 2.05) is 51.1 Å². The van der Waals surface area contributed by atoms with Gasteiger partial charge in [0.25, 0.3) is 0 Å². The zero-order valence-electron chi connectivity index (χ0n) is 19.0. The van der Waals surface area contributed by atoms with Crippen molar-refractivity contribution in [3.8, 4) is 11.5 Å². The first kappa shape index (κ1) is 24.1. The van der Waals surface area contributed by atoms with Gasteiger partial charge < -0.3 is 14.4 Å². The lowest BCUT2D eigenvalue weighted by molar-refractivity contribution is -0.132. The molecule has 0 atom stereocenters. The summed E-state index contributed by atoms with van der Waals surface area (Å²) in [6.45, 7) is 8.29. The number of hydrogen-bond acceptors (Lipinski definition) is 5. The van der Waals surface area contributed by atoms with Gasteiger partial charge in [0.05, 0.1) is 18.1 Å². The highest BCUT2D eigenvalue weighted by atomic mass is 32.2. The molecule has 2 aromatic carbocycles. The summed E-state index contributed by atoms with van der Waals surface area (Å²) in [5.41, 5.74) is 2.01. The minimum absolute atomic E-state index is 0.0310. The summed E-state index contributed by atoms with van der Waals surface area (Å²) >= 11 is 0. The molecule has 0 aliphatic carbocycles. The van der Waals surface area contributed by atoms with E-state index in [0.29, 0.717) is 57.1 Å². The van der Waals surface area contributed by atoms with E-state index in [1.54, 1.807) is 17.0 Å². The maximum absolute atomic E-state index is 12.9. The Balaban J connectivity index is 1.42. The molecular formula is C24H32N2O5S. The highest BCUT2D eigenvalue weighted by Gasteiger charge is 2.30. The zero-order chi connectivity index (χ0) is 23.1. The van der Waals surface area contributed by atoms with Crippen LogP contribution in [0.4, 0.5) is 0 Å². The Morgan fingerprint density at radius 2 is 1.53 bits per heavy atom. The number of aryl methyl sites for hydroxylation is 2. The molecule has 0 saturated carbocycles. The molecule has 0 aromatic heterocycles. The summed E-state index contributed by atoms with van der Waals surface area (Å²) in [4.78, 5) is 14.6. The van der Waals surface area contributed by atoms with Crippen LogP contribution in [0.25, 0.3) is 0 Å². The van der Waals surface area contributed by atoms with Crippen molar-refractivity contribution in [2.45, 2.75) is 38.5 Å². The second-order valence-corrected chi connectivity index (χ2v) is 9.83. The van der Waals surface area contributed by atoms with Gasteiger partial charge in [0.1, 0.15) is 11.5 Å². The molecule has 32 heavy (non-hydrogen) atoms. The molecule has 1 aliphatic rings. The van der Waals surface area contributed by atoms with Gasteiger partial charge in [-0.1, -0.05) is 6.07 Å². The molecule has 174 valence electrons. The first-order valence-corrected chi connectivity index (χ1v) is 12.5. The molecule has 0 N–H and O–H groups in total. The lowest BCUT2D eigenvalue weighted by atomic mass is 10.1. The SMILES string of the molecule is CCOc1ccc(OCCCC(=O)N2CCN(S(=O)(=O)c3ccc(C)c(C)c3)CC2)cc1. The third-order valence-corrected chi connectivity index (χ3v) is 7.54. The van der Waals surface area contributed by atoms with Crippen molar-refractivity contribution in [3.05, 3.63) is 53.6 Å². The number of rotatable bonds is 9. The van der Waals surface area contributed by atoms with Gasteiger partial charge in [0.15, 0.2) is 0 Å². The fraction of sp³-hybridized carbons (Fsp3) is 0.458. The lowest BCUT2D eigenvalue weighted by Gasteiger charge is -2.34. The van der Waals surface area contributed by atoms with E-state index in [-0.39, 0.29) is 5.91 Å². The second-order valence-electron chi connectivity index (χ2n) is 7.89.